The third-order valence-corrected chi connectivity index (χ3v) is 3.30. The maximum Gasteiger partial charge on any atom is 0.287 e. The summed E-state index contributed by atoms with van der Waals surface area (Å²) < 4.78 is 10.3. The van der Waals surface area contributed by atoms with E-state index in [-0.39, 0.29) is 18.2 Å². The molecule has 2 N–H and O–H groups in total. The molecule has 5 heteroatoms. The van der Waals surface area contributed by atoms with Crippen molar-refractivity contribution >= 4 is 5.91 Å². The Hall–Kier alpha value is -2.79. The standard InChI is InChI=1S/C17H15NO4/c19-14(11-18-17(20)16-4-2-10-22-16)12-5-7-13(8-6-12)15-3-1-9-21-15/h1-10,14,19H,11H2,(H,18,20)/t14-/m1/s1. The lowest BCUT2D eigenvalue weighted by Crippen LogP contribution is -2.28. The average molecular weight is 297 g/mol. The van der Waals surface area contributed by atoms with Crippen molar-refractivity contribution in [2.75, 3.05) is 6.54 Å². The summed E-state index contributed by atoms with van der Waals surface area (Å²) in [4.78, 5) is 11.7. The van der Waals surface area contributed by atoms with Crippen LogP contribution in [0, 0.1) is 0 Å². The van der Waals surface area contributed by atoms with Gasteiger partial charge >= 0.3 is 0 Å². The number of furan rings is 2. The van der Waals surface area contributed by atoms with Gasteiger partial charge in [0.1, 0.15) is 5.76 Å². The second kappa shape index (κ2) is 6.32. The van der Waals surface area contributed by atoms with Gasteiger partial charge in [-0.2, -0.15) is 0 Å². The number of aliphatic hydroxyl groups excluding tert-OH is 1. The highest BCUT2D eigenvalue weighted by Crippen LogP contribution is 2.22. The summed E-state index contributed by atoms with van der Waals surface area (Å²) in [5.41, 5.74) is 1.65. The van der Waals surface area contributed by atoms with Gasteiger partial charge in [0.25, 0.3) is 5.91 Å². The van der Waals surface area contributed by atoms with E-state index in [1.54, 1.807) is 18.4 Å². The summed E-state index contributed by atoms with van der Waals surface area (Å²) in [6.45, 7) is 0.111. The number of hydrogen-bond donors (Lipinski definition) is 2. The van der Waals surface area contributed by atoms with E-state index in [2.05, 4.69) is 5.32 Å². The number of hydrogen-bond acceptors (Lipinski definition) is 4. The molecule has 5 nitrogen and oxygen atoms in total. The van der Waals surface area contributed by atoms with Gasteiger partial charge in [-0.25, -0.2) is 0 Å². The fourth-order valence-electron chi connectivity index (χ4n) is 2.11. The van der Waals surface area contributed by atoms with E-state index in [0.29, 0.717) is 0 Å². The minimum Gasteiger partial charge on any atom is -0.464 e. The van der Waals surface area contributed by atoms with Crippen LogP contribution in [0.4, 0.5) is 0 Å². The van der Waals surface area contributed by atoms with Gasteiger partial charge in [-0.05, 0) is 29.8 Å². The van der Waals surface area contributed by atoms with E-state index in [0.717, 1.165) is 16.9 Å². The molecule has 1 atom stereocenters. The van der Waals surface area contributed by atoms with Crippen molar-refractivity contribution in [1.29, 1.82) is 0 Å². The highest BCUT2D eigenvalue weighted by molar-refractivity contribution is 5.91. The highest BCUT2D eigenvalue weighted by atomic mass is 16.3. The molecule has 0 radical (unpaired) electrons. The Balaban J connectivity index is 1.60. The second-order valence-electron chi connectivity index (χ2n) is 4.80. The number of carbonyl (C=O) groups excluding carboxylic acids is 1. The first kappa shape index (κ1) is 14.2. The van der Waals surface area contributed by atoms with Crippen LogP contribution in [0.3, 0.4) is 0 Å². The van der Waals surface area contributed by atoms with Gasteiger partial charge in [-0.3, -0.25) is 4.79 Å². The number of nitrogens with one attached hydrogen (secondary N) is 1. The molecule has 0 fully saturated rings. The molecular formula is C17H15NO4. The molecule has 1 aromatic carbocycles. The number of amides is 1. The van der Waals surface area contributed by atoms with E-state index in [9.17, 15) is 9.90 Å². The van der Waals surface area contributed by atoms with Crippen LogP contribution in [0.1, 0.15) is 22.2 Å². The van der Waals surface area contributed by atoms with E-state index in [1.807, 2.05) is 36.4 Å². The molecule has 0 bridgehead atoms. The van der Waals surface area contributed by atoms with E-state index < -0.39 is 6.10 Å². The largest absolute Gasteiger partial charge is 0.464 e. The van der Waals surface area contributed by atoms with Gasteiger partial charge < -0.3 is 19.3 Å². The van der Waals surface area contributed by atoms with Gasteiger partial charge in [0.05, 0.1) is 18.6 Å². The summed E-state index contributed by atoms with van der Waals surface area (Å²) in [6, 6.07) is 14.2. The molecule has 2 aromatic heterocycles. The van der Waals surface area contributed by atoms with Crippen LogP contribution >= 0.6 is 0 Å². The smallest absolute Gasteiger partial charge is 0.287 e. The van der Waals surface area contributed by atoms with Crippen molar-refractivity contribution < 1.29 is 18.7 Å². The quantitative estimate of drug-likeness (QED) is 0.759. The van der Waals surface area contributed by atoms with Crippen LogP contribution in [0.25, 0.3) is 11.3 Å². The summed E-state index contributed by atoms with van der Waals surface area (Å²) in [7, 11) is 0. The number of benzene rings is 1. The summed E-state index contributed by atoms with van der Waals surface area (Å²) in [6.07, 6.45) is 2.26. The Morgan fingerprint density at radius 2 is 1.77 bits per heavy atom. The van der Waals surface area contributed by atoms with Gasteiger partial charge in [0.15, 0.2) is 5.76 Å². The molecule has 112 valence electrons. The Labute approximate surface area is 127 Å². The zero-order valence-electron chi connectivity index (χ0n) is 11.7. The minimum absolute atomic E-state index is 0.111. The Kier molecular flexibility index (Phi) is 4.07. The van der Waals surface area contributed by atoms with Crippen molar-refractivity contribution in [1.82, 2.24) is 5.32 Å². The normalized spacial score (nSPS) is 12.0. The third kappa shape index (κ3) is 3.10. The van der Waals surface area contributed by atoms with Crippen LogP contribution in [0.15, 0.2) is 69.9 Å². The van der Waals surface area contributed by atoms with Gasteiger partial charge in [0, 0.05) is 12.1 Å². The second-order valence-corrected chi connectivity index (χ2v) is 4.80. The summed E-state index contributed by atoms with van der Waals surface area (Å²) in [5, 5.41) is 12.7. The van der Waals surface area contributed by atoms with Gasteiger partial charge in [-0.1, -0.05) is 24.3 Å². The Morgan fingerprint density at radius 1 is 1.05 bits per heavy atom. The van der Waals surface area contributed by atoms with Crippen molar-refractivity contribution in [2.45, 2.75) is 6.10 Å². The topological polar surface area (TPSA) is 75.6 Å². The SMILES string of the molecule is O=C(NC[C@@H](O)c1ccc(-c2ccco2)cc1)c1ccco1. The molecule has 0 spiro atoms. The molecule has 0 unspecified atom stereocenters. The molecular weight excluding hydrogens is 282 g/mol. The maximum absolute atomic E-state index is 11.7. The third-order valence-electron chi connectivity index (χ3n) is 3.30. The summed E-state index contributed by atoms with van der Waals surface area (Å²) >= 11 is 0. The molecule has 0 aliphatic carbocycles. The number of rotatable bonds is 5. The Bertz CT molecular complexity index is 715. The van der Waals surface area contributed by atoms with Gasteiger partial charge in [-0.15, -0.1) is 0 Å². The predicted octanol–water partition coefficient (Wildman–Crippen LogP) is 3.00. The van der Waals surface area contributed by atoms with Crippen LogP contribution in [-0.4, -0.2) is 17.6 Å². The molecule has 0 aliphatic heterocycles. The molecule has 2 heterocycles. The first-order valence-corrected chi connectivity index (χ1v) is 6.87. The van der Waals surface area contributed by atoms with Crippen LogP contribution in [0.5, 0.6) is 0 Å². The van der Waals surface area contributed by atoms with Gasteiger partial charge in [0.2, 0.25) is 0 Å². The molecule has 0 aliphatic rings. The molecule has 1 amide bonds. The van der Waals surface area contributed by atoms with Crippen molar-refractivity contribution in [3.05, 3.63) is 72.4 Å². The van der Waals surface area contributed by atoms with E-state index in [4.69, 9.17) is 8.83 Å². The van der Waals surface area contributed by atoms with E-state index >= 15 is 0 Å². The van der Waals surface area contributed by atoms with Crippen molar-refractivity contribution in [3.8, 4) is 11.3 Å². The lowest BCUT2D eigenvalue weighted by Gasteiger charge is -2.12. The molecule has 3 aromatic rings. The lowest BCUT2D eigenvalue weighted by atomic mass is 10.1. The monoisotopic (exact) mass is 297 g/mol. The maximum atomic E-state index is 11.7. The molecule has 0 saturated heterocycles. The fourth-order valence-corrected chi connectivity index (χ4v) is 2.11. The Morgan fingerprint density at radius 3 is 2.41 bits per heavy atom. The molecule has 22 heavy (non-hydrogen) atoms. The molecule has 3 rings (SSSR count). The summed E-state index contributed by atoms with van der Waals surface area (Å²) in [5.74, 6) is 0.642. The molecule has 0 saturated carbocycles. The van der Waals surface area contributed by atoms with Crippen LogP contribution in [0.2, 0.25) is 0 Å². The highest BCUT2D eigenvalue weighted by Gasteiger charge is 2.12. The van der Waals surface area contributed by atoms with Crippen molar-refractivity contribution in [3.63, 3.8) is 0 Å². The zero-order valence-corrected chi connectivity index (χ0v) is 11.7. The minimum atomic E-state index is -0.787. The van der Waals surface area contributed by atoms with Crippen LogP contribution in [-0.2, 0) is 0 Å². The fraction of sp³-hybridized carbons (Fsp3) is 0.118. The van der Waals surface area contributed by atoms with E-state index in [1.165, 1.54) is 6.26 Å². The lowest BCUT2D eigenvalue weighted by molar-refractivity contribution is 0.0889. The van der Waals surface area contributed by atoms with Crippen molar-refractivity contribution in [2.24, 2.45) is 0 Å². The van der Waals surface area contributed by atoms with Crippen LogP contribution < -0.4 is 5.32 Å². The number of carbonyl (C=O) groups is 1. The first-order chi connectivity index (χ1) is 10.7. The predicted molar refractivity (Wildman–Crippen MR) is 80.1 cm³/mol. The first-order valence-electron chi connectivity index (χ1n) is 6.87. The number of aliphatic hydroxyl groups is 1. The zero-order chi connectivity index (χ0) is 15.4. The average Bonchev–Trinajstić information content (AvgIpc) is 3.25.